The molecule has 1 aromatic carbocycles. The smallest absolute Gasteiger partial charge is 0.229 e. The lowest BCUT2D eigenvalue weighted by Gasteiger charge is -2.25. The van der Waals surface area contributed by atoms with Crippen LogP contribution >= 0.6 is 23.2 Å². The van der Waals surface area contributed by atoms with Crippen LogP contribution < -0.4 is 20.7 Å². The molecule has 0 amide bonds. The van der Waals surface area contributed by atoms with Crippen molar-refractivity contribution in [2.75, 3.05) is 23.7 Å². The molecule has 1 aliphatic heterocycles. The number of halogens is 2. The quantitative estimate of drug-likeness (QED) is 0.334. The van der Waals surface area contributed by atoms with Crippen molar-refractivity contribution >= 4 is 46.3 Å². The van der Waals surface area contributed by atoms with Gasteiger partial charge < -0.3 is 20.7 Å². The summed E-state index contributed by atoms with van der Waals surface area (Å²) in [6, 6.07) is 4.54. The van der Waals surface area contributed by atoms with Crippen LogP contribution in [0.3, 0.4) is 0 Å². The molecular weight excluding hydrogens is 485 g/mol. The third kappa shape index (κ3) is 5.20. The van der Waals surface area contributed by atoms with Crippen LogP contribution in [0.4, 0.5) is 23.1 Å². The van der Waals surface area contributed by atoms with Crippen molar-refractivity contribution in [1.82, 2.24) is 25.1 Å². The minimum atomic E-state index is 0.256. The monoisotopic (exact) mass is 513 g/mol. The van der Waals surface area contributed by atoms with Crippen molar-refractivity contribution in [2.45, 2.75) is 63.5 Å². The first-order valence-electron chi connectivity index (χ1n) is 12.4. The van der Waals surface area contributed by atoms with Gasteiger partial charge in [-0.3, -0.25) is 4.68 Å². The Balaban J connectivity index is 1.26. The third-order valence-electron chi connectivity index (χ3n) is 6.78. The number of nitrogens with zero attached hydrogens (tertiary/aromatic N) is 4. The summed E-state index contributed by atoms with van der Waals surface area (Å²) in [5, 5.41) is 15.8. The summed E-state index contributed by atoms with van der Waals surface area (Å²) in [4.78, 5) is 9.04. The molecule has 35 heavy (non-hydrogen) atoms. The maximum atomic E-state index is 6.77. The fraction of sp³-hybridized carbons (Fsp3) is 0.480. The van der Waals surface area contributed by atoms with E-state index in [2.05, 4.69) is 37.1 Å². The molecule has 184 valence electrons. The van der Waals surface area contributed by atoms with Crippen molar-refractivity contribution in [3.63, 3.8) is 0 Å². The van der Waals surface area contributed by atoms with Crippen LogP contribution in [0.15, 0.2) is 24.5 Å². The molecule has 3 aromatic rings. The molecule has 1 saturated heterocycles. The van der Waals surface area contributed by atoms with Crippen molar-refractivity contribution in [1.29, 1.82) is 0 Å². The number of hydrogen-bond donors (Lipinski definition) is 3. The van der Waals surface area contributed by atoms with E-state index in [1.165, 1.54) is 12.8 Å². The van der Waals surface area contributed by atoms with Gasteiger partial charge in [-0.1, -0.05) is 23.2 Å². The minimum absolute atomic E-state index is 0.256. The molecule has 2 aliphatic carbocycles. The molecule has 3 fully saturated rings. The number of nitrogens with one attached hydrogen (secondary N) is 3. The lowest BCUT2D eigenvalue weighted by molar-refractivity contribution is 0.304. The number of aromatic nitrogens is 4. The lowest BCUT2D eigenvalue weighted by atomic mass is 9.90. The first-order chi connectivity index (χ1) is 17.0. The van der Waals surface area contributed by atoms with Crippen LogP contribution in [0.1, 0.15) is 61.7 Å². The molecule has 3 heterocycles. The predicted octanol–water partition coefficient (Wildman–Crippen LogP) is 6.12. The molecule has 0 bridgehead atoms. The van der Waals surface area contributed by atoms with Crippen LogP contribution in [0, 0.1) is 6.92 Å². The van der Waals surface area contributed by atoms with Crippen molar-refractivity contribution < 1.29 is 4.74 Å². The number of piperidine rings is 1. The van der Waals surface area contributed by atoms with Gasteiger partial charge in [-0.25, -0.2) is 4.98 Å². The van der Waals surface area contributed by atoms with Crippen LogP contribution in [-0.4, -0.2) is 38.9 Å². The van der Waals surface area contributed by atoms with Gasteiger partial charge in [-0.2, -0.15) is 10.1 Å². The Labute approximate surface area is 214 Å². The summed E-state index contributed by atoms with van der Waals surface area (Å²) in [5.74, 6) is 2.15. The van der Waals surface area contributed by atoms with E-state index >= 15 is 0 Å². The van der Waals surface area contributed by atoms with Gasteiger partial charge in [0, 0.05) is 11.2 Å². The van der Waals surface area contributed by atoms with Gasteiger partial charge in [0.25, 0.3) is 0 Å². The Morgan fingerprint density at radius 1 is 1.00 bits per heavy atom. The van der Waals surface area contributed by atoms with E-state index in [9.17, 15) is 0 Å². The molecule has 3 aliphatic rings. The number of ether oxygens (including phenoxy) is 1. The molecular formula is C25H29Cl2N7O. The van der Waals surface area contributed by atoms with E-state index < -0.39 is 0 Å². The van der Waals surface area contributed by atoms with Crippen molar-refractivity contribution in [2.24, 2.45) is 0 Å². The van der Waals surface area contributed by atoms with Gasteiger partial charge in [-0.05, 0) is 82.2 Å². The van der Waals surface area contributed by atoms with Gasteiger partial charge in [0.15, 0.2) is 5.82 Å². The minimum Gasteiger partial charge on any atom is -0.488 e. The van der Waals surface area contributed by atoms with Gasteiger partial charge in [0.05, 0.1) is 35.4 Å². The van der Waals surface area contributed by atoms with Crippen LogP contribution in [0.5, 0.6) is 5.75 Å². The summed E-state index contributed by atoms with van der Waals surface area (Å²) in [5.41, 5.74) is 3.69. The number of aryl methyl sites for hydroxylation is 1. The second kappa shape index (κ2) is 9.48. The number of hydrogen-bond acceptors (Lipinski definition) is 7. The van der Waals surface area contributed by atoms with Gasteiger partial charge in [0.1, 0.15) is 10.8 Å². The molecule has 6 rings (SSSR count). The van der Waals surface area contributed by atoms with E-state index in [4.69, 9.17) is 27.9 Å². The first kappa shape index (κ1) is 22.9. The van der Waals surface area contributed by atoms with Crippen LogP contribution in [0.25, 0.3) is 0 Å². The Kier molecular flexibility index (Phi) is 6.20. The second-order valence-electron chi connectivity index (χ2n) is 9.69. The molecule has 0 unspecified atom stereocenters. The molecule has 0 spiro atoms. The van der Waals surface area contributed by atoms with Gasteiger partial charge >= 0.3 is 0 Å². The lowest BCUT2D eigenvalue weighted by Crippen LogP contribution is -2.26. The average molecular weight is 514 g/mol. The zero-order valence-electron chi connectivity index (χ0n) is 19.7. The molecule has 0 atom stereocenters. The van der Waals surface area contributed by atoms with Crippen molar-refractivity contribution in [3.8, 4) is 5.75 Å². The van der Waals surface area contributed by atoms with Crippen LogP contribution in [0.2, 0.25) is 10.0 Å². The predicted molar refractivity (Wildman–Crippen MR) is 139 cm³/mol. The molecule has 0 radical (unpaired) electrons. The largest absolute Gasteiger partial charge is 0.488 e. The summed E-state index contributed by atoms with van der Waals surface area (Å²) in [6.45, 7) is 3.99. The van der Waals surface area contributed by atoms with E-state index in [1.807, 2.05) is 23.9 Å². The Morgan fingerprint density at radius 2 is 1.80 bits per heavy atom. The zero-order valence-corrected chi connectivity index (χ0v) is 21.2. The number of benzene rings is 1. The van der Waals surface area contributed by atoms with E-state index in [0.29, 0.717) is 28.7 Å². The highest BCUT2D eigenvalue weighted by atomic mass is 35.5. The maximum absolute atomic E-state index is 6.77. The third-order valence-corrected chi connectivity index (χ3v) is 7.38. The molecule has 10 heteroatoms. The maximum Gasteiger partial charge on any atom is 0.229 e. The summed E-state index contributed by atoms with van der Waals surface area (Å²) in [7, 11) is 0. The Hall–Kier alpha value is -2.55. The number of rotatable bonds is 8. The molecule has 8 nitrogen and oxygen atoms in total. The topological polar surface area (TPSA) is 88.9 Å². The van der Waals surface area contributed by atoms with E-state index in [-0.39, 0.29) is 6.10 Å². The van der Waals surface area contributed by atoms with Crippen molar-refractivity contribution in [3.05, 3.63) is 45.8 Å². The normalized spacial score (nSPS) is 18.5. The van der Waals surface area contributed by atoms with E-state index in [1.54, 1.807) is 6.20 Å². The Bertz CT molecular complexity index is 1230. The molecule has 2 aromatic heterocycles. The standard InChI is InChI=1S/C25H29Cl2N7O/c1-14-22(13-34(33-14)16-2-3-16)30-24-20(27)12-29-25(32-24)31-21-11-19(26)18(15-6-8-28-9-7-15)10-23(21)35-17-4-5-17/h10-13,15-17,28H,2-9H2,1H3,(H2,29,30,31,32). The summed E-state index contributed by atoms with van der Waals surface area (Å²) < 4.78 is 8.28. The zero-order chi connectivity index (χ0) is 23.9. The number of anilines is 4. The summed E-state index contributed by atoms with van der Waals surface area (Å²) in [6.07, 6.45) is 10.5. The highest BCUT2D eigenvalue weighted by Crippen LogP contribution is 2.41. The highest BCUT2D eigenvalue weighted by Gasteiger charge is 2.28. The van der Waals surface area contributed by atoms with Gasteiger partial charge in [-0.15, -0.1) is 0 Å². The SMILES string of the molecule is Cc1nn(C2CC2)cc1Nc1nc(Nc2cc(Cl)c(C3CCNCC3)cc2OC2CC2)ncc1Cl. The molecule has 2 saturated carbocycles. The first-order valence-corrected chi connectivity index (χ1v) is 13.1. The highest BCUT2D eigenvalue weighted by molar-refractivity contribution is 6.33. The van der Waals surface area contributed by atoms with Crippen LogP contribution in [-0.2, 0) is 0 Å². The van der Waals surface area contributed by atoms with Gasteiger partial charge in [0.2, 0.25) is 5.95 Å². The fourth-order valence-electron chi connectivity index (χ4n) is 4.47. The second-order valence-corrected chi connectivity index (χ2v) is 10.5. The van der Waals surface area contributed by atoms with E-state index in [0.717, 1.165) is 72.2 Å². The molecule has 3 N–H and O–H groups in total. The fourth-order valence-corrected chi connectivity index (χ4v) is 4.93. The average Bonchev–Trinajstić information content (AvgIpc) is 3.78. The summed E-state index contributed by atoms with van der Waals surface area (Å²) >= 11 is 13.2. The Morgan fingerprint density at radius 3 is 2.54 bits per heavy atom.